The molecule has 0 bridgehead atoms. The molecule has 0 aliphatic rings. The SMILES string of the molecule is CCN(CC(=O)Nc1nnc(C(C)C)o1)CC(=O)OC. The van der Waals surface area contributed by atoms with E-state index in [1.54, 1.807) is 4.90 Å². The molecule has 0 saturated heterocycles. The lowest BCUT2D eigenvalue weighted by Gasteiger charge is -2.17. The summed E-state index contributed by atoms with van der Waals surface area (Å²) in [5.74, 6) is -0.156. The Morgan fingerprint density at radius 2 is 2.05 bits per heavy atom. The molecule has 0 unspecified atom stereocenters. The maximum Gasteiger partial charge on any atom is 0.322 e. The van der Waals surface area contributed by atoms with Crippen LogP contribution in [-0.2, 0) is 14.3 Å². The van der Waals surface area contributed by atoms with E-state index in [4.69, 9.17) is 4.42 Å². The van der Waals surface area contributed by atoms with Crippen LogP contribution in [0.15, 0.2) is 4.42 Å². The Labute approximate surface area is 117 Å². The molecule has 0 fully saturated rings. The molecule has 1 rings (SSSR count). The van der Waals surface area contributed by atoms with Crippen molar-refractivity contribution < 1.29 is 18.7 Å². The number of amides is 1. The van der Waals surface area contributed by atoms with Gasteiger partial charge in [-0.25, -0.2) is 0 Å². The average Bonchev–Trinajstić information content (AvgIpc) is 2.86. The van der Waals surface area contributed by atoms with Gasteiger partial charge in [0, 0.05) is 5.92 Å². The van der Waals surface area contributed by atoms with E-state index in [0.29, 0.717) is 12.4 Å². The fraction of sp³-hybridized carbons (Fsp3) is 0.667. The molecule has 112 valence electrons. The van der Waals surface area contributed by atoms with Gasteiger partial charge in [-0.1, -0.05) is 25.9 Å². The van der Waals surface area contributed by atoms with Gasteiger partial charge in [-0.3, -0.25) is 19.8 Å². The Hall–Kier alpha value is -1.96. The molecular formula is C12H20N4O4. The summed E-state index contributed by atoms with van der Waals surface area (Å²) in [6.07, 6.45) is 0. The molecule has 0 saturated carbocycles. The molecule has 0 aliphatic heterocycles. The van der Waals surface area contributed by atoms with Crippen LogP contribution in [0.4, 0.5) is 6.01 Å². The second-order valence-electron chi connectivity index (χ2n) is 4.53. The fourth-order valence-electron chi connectivity index (χ4n) is 1.41. The van der Waals surface area contributed by atoms with Crippen LogP contribution < -0.4 is 5.32 Å². The number of rotatable bonds is 7. The van der Waals surface area contributed by atoms with Gasteiger partial charge in [-0.2, -0.15) is 0 Å². The van der Waals surface area contributed by atoms with Crippen LogP contribution in [0.25, 0.3) is 0 Å². The summed E-state index contributed by atoms with van der Waals surface area (Å²) < 4.78 is 9.83. The lowest BCUT2D eigenvalue weighted by molar-refractivity contribution is -0.142. The molecule has 0 aromatic carbocycles. The van der Waals surface area contributed by atoms with Gasteiger partial charge in [0.05, 0.1) is 20.2 Å². The molecule has 1 aromatic rings. The number of anilines is 1. The van der Waals surface area contributed by atoms with Crippen molar-refractivity contribution in [3.05, 3.63) is 5.89 Å². The van der Waals surface area contributed by atoms with E-state index in [9.17, 15) is 9.59 Å². The molecule has 1 N–H and O–H groups in total. The summed E-state index contributed by atoms with van der Waals surface area (Å²) >= 11 is 0. The molecule has 8 heteroatoms. The van der Waals surface area contributed by atoms with Crippen molar-refractivity contribution >= 4 is 17.9 Å². The Morgan fingerprint density at radius 1 is 1.35 bits per heavy atom. The van der Waals surface area contributed by atoms with Gasteiger partial charge in [0.15, 0.2) is 0 Å². The highest BCUT2D eigenvalue weighted by Gasteiger charge is 2.16. The first-order chi connectivity index (χ1) is 9.46. The van der Waals surface area contributed by atoms with Crippen molar-refractivity contribution in [2.75, 3.05) is 32.1 Å². The van der Waals surface area contributed by atoms with Gasteiger partial charge < -0.3 is 9.15 Å². The maximum absolute atomic E-state index is 11.8. The first-order valence-corrected chi connectivity index (χ1v) is 6.38. The normalized spacial score (nSPS) is 10.9. The molecule has 0 aliphatic carbocycles. The van der Waals surface area contributed by atoms with Crippen molar-refractivity contribution in [2.24, 2.45) is 0 Å². The van der Waals surface area contributed by atoms with Crippen LogP contribution in [0, 0.1) is 0 Å². The summed E-state index contributed by atoms with van der Waals surface area (Å²) in [4.78, 5) is 24.6. The molecule has 0 radical (unpaired) electrons. The second kappa shape index (κ2) is 7.59. The van der Waals surface area contributed by atoms with E-state index >= 15 is 0 Å². The average molecular weight is 284 g/mol. The number of esters is 1. The molecular weight excluding hydrogens is 264 g/mol. The molecule has 0 atom stereocenters. The van der Waals surface area contributed by atoms with Crippen LogP contribution in [0.5, 0.6) is 0 Å². The summed E-state index contributed by atoms with van der Waals surface area (Å²) in [5, 5.41) is 10.0. The Bertz CT molecular complexity index is 458. The lowest BCUT2D eigenvalue weighted by atomic mass is 10.2. The fourth-order valence-corrected chi connectivity index (χ4v) is 1.41. The van der Waals surface area contributed by atoms with E-state index in [1.807, 2.05) is 20.8 Å². The van der Waals surface area contributed by atoms with Crippen LogP contribution in [-0.4, -0.2) is 53.7 Å². The molecule has 0 spiro atoms. The van der Waals surface area contributed by atoms with Gasteiger partial charge in [0.25, 0.3) is 0 Å². The summed E-state index contributed by atoms with van der Waals surface area (Å²) in [6.45, 7) is 6.32. The molecule has 1 aromatic heterocycles. The zero-order valence-corrected chi connectivity index (χ0v) is 12.2. The number of aromatic nitrogens is 2. The van der Waals surface area contributed by atoms with Crippen LogP contribution >= 0.6 is 0 Å². The summed E-state index contributed by atoms with van der Waals surface area (Å²) in [7, 11) is 1.31. The number of ether oxygens (including phenoxy) is 1. The van der Waals surface area contributed by atoms with Gasteiger partial charge >= 0.3 is 12.0 Å². The van der Waals surface area contributed by atoms with Gasteiger partial charge in [0.1, 0.15) is 0 Å². The number of hydrogen-bond donors (Lipinski definition) is 1. The zero-order chi connectivity index (χ0) is 15.1. The predicted molar refractivity (Wildman–Crippen MR) is 71.1 cm³/mol. The van der Waals surface area contributed by atoms with Crippen LogP contribution in [0.1, 0.15) is 32.6 Å². The van der Waals surface area contributed by atoms with E-state index in [0.717, 1.165) is 0 Å². The Kier molecular flexibility index (Phi) is 6.10. The molecule has 20 heavy (non-hydrogen) atoms. The summed E-state index contributed by atoms with van der Waals surface area (Å²) in [6, 6.07) is 0.0628. The monoisotopic (exact) mass is 284 g/mol. The largest absolute Gasteiger partial charge is 0.468 e. The highest BCUT2D eigenvalue weighted by atomic mass is 16.5. The van der Waals surface area contributed by atoms with Crippen LogP contribution in [0.2, 0.25) is 0 Å². The van der Waals surface area contributed by atoms with Crippen molar-refractivity contribution in [3.8, 4) is 0 Å². The Morgan fingerprint density at radius 3 is 2.55 bits per heavy atom. The van der Waals surface area contributed by atoms with Crippen LogP contribution in [0.3, 0.4) is 0 Å². The van der Waals surface area contributed by atoms with E-state index < -0.39 is 0 Å². The van der Waals surface area contributed by atoms with Gasteiger partial charge in [0.2, 0.25) is 11.8 Å². The smallest absolute Gasteiger partial charge is 0.322 e. The standard InChI is InChI=1S/C12H20N4O4/c1-5-16(7-10(18)19-4)6-9(17)13-12-15-14-11(20-12)8(2)3/h8H,5-7H2,1-4H3,(H,13,15,17). The number of nitrogens with zero attached hydrogens (tertiary/aromatic N) is 3. The van der Waals surface area contributed by atoms with E-state index in [2.05, 4.69) is 20.3 Å². The highest BCUT2D eigenvalue weighted by molar-refractivity contribution is 5.90. The summed E-state index contributed by atoms with van der Waals surface area (Å²) in [5.41, 5.74) is 0. The third-order valence-electron chi connectivity index (χ3n) is 2.58. The molecule has 8 nitrogen and oxygen atoms in total. The highest BCUT2D eigenvalue weighted by Crippen LogP contribution is 2.14. The minimum Gasteiger partial charge on any atom is -0.468 e. The quantitative estimate of drug-likeness (QED) is 0.733. The number of carbonyl (C=O) groups excluding carboxylic acids is 2. The molecule has 1 heterocycles. The molecule has 1 amide bonds. The number of methoxy groups -OCH3 is 1. The second-order valence-corrected chi connectivity index (χ2v) is 4.53. The lowest BCUT2D eigenvalue weighted by Crippen LogP contribution is -2.37. The van der Waals surface area contributed by atoms with Crippen molar-refractivity contribution in [1.29, 1.82) is 0 Å². The van der Waals surface area contributed by atoms with Gasteiger partial charge in [-0.05, 0) is 6.54 Å². The predicted octanol–water partition coefficient (Wildman–Crippen LogP) is 0.626. The number of hydrogen-bond acceptors (Lipinski definition) is 7. The van der Waals surface area contributed by atoms with Gasteiger partial charge in [-0.15, -0.1) is 5.10 Å². The van der Waals surface area contributed by atoms with E-state index in [1.165, 1.54) is 7.11 Å². The first kappa shape index (κ1) is 16.1. The van der Waals surface area contributed by atoms with E-state index in [-0.39, 0.29) is 36.9 Å². The van der Waals surface area contributed by atoms with Crippen molar-refractivity contribution in [2.45, 2.75) is 26.7 Å². The third kappa shape index (κ3) is 4.96. The van der Waals surface area contributed by atoms with Crippen molar-refractivity contribution in [1.82, 2.24) is 15.1 Å². The third-order valence-corrected chi connectivity index (χ3v) is 2.58. The minimum atomic E-state index is -0.389. The zero-order valence-electron chi connectivity index (χ0n) is 12.2. The topological polar surface area (TPSA) is 97.6 Å². The number of nitrogens with one attached hydrogen (secondary N) is 1. The number of likely N-dealkylation sites (N-methyl/N-ethyl adjacent to an activating group) is 1. The maximum atomic E-state index is 11.8. The minimum absolute atomic E-state index is 0.0466. The first-order valence-electron chi connectivity index (χ1n) is 6.38. The van der Waals surface area contributed by atoms with Crippen molar-refractivity contribution in [3.63, 3.8) is 0 Å². The number of carbonyl (C=O) groups is 2. The Balaban J connectivity index is 2.50.